The number of aryl methyl sites for hydroxylation is 1. The molecule has 3 rings (SSSR count). The van der Waals surface area contributed by atoms with Crippen molar-refractivity contribution < 1.29 is 0 Å². The number of hydrogen-bond acceptors (Lipinski definition) is 5. The van der Waals surface area contributed by atoms with E-state index in [2.05, 4.69) is 20.3 Å². The van der Waals surface area contributed by atoms with Crippen LogP contribution in [-0.2, 0) is 0 Å². The average molecular weight is 232 g/mol. The Morgan fingerprint density at radius 1 is 1.38 bits per heavy atom. The first-order valence-corrected chi connectivity index (χ1v) is 6.17. The first kappa shape index (κ1) is 9.72. The summed E-state index contributed by atoms with van der Waals surface area (Å²) < 4.78 is 0. The zero-order valence-corrected chi connectivity index (χ0v) is 9.79. The minimum absolute atomic E-state index is 0.518. The molecule has 2 aromatic heterocycles. The lowest BCUT2D eigenvalue weighted by Gasteiger charge is -2.00. The summed E-state index contributed by atoms with van der Waals surface area (Å²) >= 11 is 1.62. The molecule has 1 aliphatic rings. The number of nitrogens with zero attached hydrogens (tertiary/aromatic N) is 3. The predicted octanol–water partition coefficient (Wildman–Crippen LogP) is 2.37. The van der Waals surface area contributed by atoms with E-state index in [-0.39, 0.29) is 0 Å². The van der Waals surface area contributed by atoms with Crippen LogP contribution in [0.3, 0.4) is 0 Å². The van der Waals surface area contributed by atoms with Gasteiger partial charge in [-0.25, -0.2) is 15.0 Å². The molecule has 0 aliphatic heterocycles. The van der Waals surface area contributed by atoms with Crippen LogP contribution in [0.15, 0.2) is 11.6 Å². The van der Waals surface area contributed by atoms with Gasteiger partial charge in [0.05, 0.1) is 11.3 Å². The molecule has 2 aromatic rings. The van der Waals surface area contributed by atoms with E-state index in [4.69, 9.17) is 5.73 Å². The van der Waals surface area contributed by atoms with Crippen molar-refractivity contribution in [1.29, 1.82) is 0 Å². The summed E-state index contributed by atoms with van der Waals surface area (Å²) in [5, 5.41) is 3.05. The molecule has 5 heteroatoms. The molecule has 4 nitrogen and oxygen atoms in total. The van der Waals surface area contributed by atoms with Crippen LogP contribution in [0.5, 0.6) is 0 Å². The monoisotopic (exact) mass is 232 g/mol. The van der Waals surface area contributed by atoms with E-state index >= 15 is 0 Å². The standard InChI is InChI=1S/C11H12N4S/c1-6-13-4-8(10(12)14-6)11-15-9(5-16-11)7-2-3-7/h4-5,7H,2-3H2,1H3,(H2,12,13,14). The first-order chi connectivity index (χ1) is 7.74. The predicted molar refractivity (Wildman–Crippen MR) is 64.3 cm³/mol. The minimum atomic E-state index is 0.518. The Morgan fingerprint density at radius 2 is 2.19 bits per heavy atom. The molecule has 0 radical (unpaired) electrons. The van der Waals surface area contributed by atoms with Crippen LogP contribution in [0.1, 0.15) is 30.3 Å². The lowest BCUT2D eigenvalue weighted by Crippen LogP contribution is -1.98. The van der Waals surface area contributed by atoms with Gasteiger partial charge in [0.25, 0.3) is 0 Å². The molecule has 0 saturated heterocycles. The van der Waals surface area contributed by atoms with Gasteiger partial charge < -0.3 is 5.73 Å². The van der Waals surface area contributed by atoms with E-state index in [1.165, 1.54) is 18.5 Å². The molecule has 1 saturated carbocycles. The van der Waals surface area contributed by atoms with Gasteiger partial charge in [0.1, 0.15) is 16.6 Å². The summed E-state index contributed by atoms with van der Waals surface area (Å²) in [6, 6.07) is 0. The second-order valence-corrected chi connectivity index (χ2v) is 4.93. The Kier molecular flexibility index (Phi) is 2.14. The van der Waals surface area contributed by atoms with E-state index < -0.39 is 0 Å². The molecule has 0 spiro atoms. The molecule has 0 unspecified atom stereocenters. The average Bonchev–Trinajstić information content (AvgIpc) is 2.98. The van der Waals surface area contributed by atoms with Crippen molar-refractivity contribution >= 4 is 17.2 Å². The topological polar surface area (TPSA) is 64.7 Å². The number of rotatable bonds is 2. The van der Waals surface area contributed by atoms with Crippen molar-refractivity contribution in [2.24, 2.45) is 0 Å². The van der Waals surface area contributed by atoms with Crippen LogP contribution in [0.2, 0.25) is 0 Å². The number of aromatic nitrogens is 3. The molecule has 0 bridgehead atoms. The van der Waals surface area contributed by atoms with Gasteiger partial charge in [-0.3, -0.25) is 0 Å². The lowest BCUT2D eigenvalue weighted by atomic mass is 10.3. The largest absolute Gasteiger partial charge is 0.383 e. The summed E-state index contributed by atoms with van der Waals surface area (Å²) in [6.07, 6.45) is 4.29. The third-order valence-electron chi connectivity index (χ3n) is 2.69. The lowest BCUT2D eigenvalue weighted by molar-refractivity contribution is 1.04. The number of anilines is 1. The van der Waals surface area contributed by atoms with Gasteiger partial charge in [-0.2, -0.15) is 0 Å². The molecule has 0 amide bonds. The highest BCUT2D eigenvalue weighted by atomic mass is 32.1. The van der Waals surface area contributed by atoms with Gasteiger partial charge in [-0.15, -0.1) is 11.3 Å². The molecule has 0 atom stereocenters. The van der Waals surface area contributed by atoms with Gasteiger partial charge >= 0.3 is 0 Å². The van der Waals surface area contributed by atoms with E-state index in [1.54, 1.807) is 17.5 Å². The van der Waals surface area contributed by atoms with E-state index in [1.807, 2.05) is 6.92 Å². The molecule has 16 heavy (non-hydrogen) atoms. The number of thiazole rings is 1. The van der Waals surface area contributed by atoms with Crippen molar-refractivity contribution in [1.82, 2.24) is 15.0 Å². The maximum absolute atomic E-state index is 5.87. The van der Waals surface area contributed by atoms with Crippen LogP contribution < -0.4 is 5.73 Å². The van der Waals surface area contributed by atoms with Gasteiger partial charge in [0, 0.05) is 17.5 Å². The molecule has 2 heterocycles. The van der Waals surface area contributed by atoms with Crippen molar-refractivity contribution in [2.45, 2.75) is 25.7 Å². The highest BCUT2D eigenvalue weighted by molar-refractivity contribution is 7.13. The number of nitrogens with two attached hydrogens (primary N) is 1. The van der Waals surface area contributed by atoms with Crippen molar-refractivity contribution in [3.8, 4) is 10.6 Å². The van der Waals surface area contributed by atoms with Crippen molar-refractivity contribution in [2.75, 3.05) is 5.73 Å². The Balaban J connectivity index is 2.00. The van der Waals surface area contributed by atoms with Crippen LogP contribution in [0.25, 0.3) is 10.6 Å². The van der Waals surface area contributed by atoms with E-state index in [0.717, 1.165) is 10.6 Å². The molecule has 1 aliphatic carbocycles. The maximum Gasteiger partial charge on any atom is 0.137 e. The van der Waals surface area contributed by atoms with Crippen molar-refractivity contribution in [3.05, 3.63) is 23.1 Å². The fraction of sp³-hybridized carbons (Fsp3) is 0.364. The Morgan fingerprint density at radius 3 is 2.88 bits per heavy atom. The third kappa shape index (κ3) is 1.67. The van der Waals surface area contributed by atoms with Crippen LogP contribution in [0.4, 0.5) is 5.82 Å². The highest BCUT2D eigenvalue weighted by Gasteiger charge is 2.26. The number of hydrogen-bond donors (Lipinski definition) is 1. The van der Waals surface area contributed by atoms with Gasteiger partial charge in [-0.05, 0) is 19.8 Å². The summed E-state index contributed by atoms with van der Waals surface area (Å²) in [5.74, 6) is 1.89. The number of nitrogen functional groups attached to an aromatic ring is 1. The van der Waals surface area contributed by atoms with Crippen LogP contribution in [0, 0.1) is 6.92 Å². The molecule has 1 fully saturated rings. The Labute approximate surface area is 97.6 Å². The molecular formula is C11H12N4S. The molecule has 82 valence electrons. The maximum atomic E-state index is 5.87. The quantitative estimate of drug-likeness (QED) is 0.863. The molecule has 2 N–H and O–H groups in total. The Bertz CT molecular complexity index is 531. The summed E-state index contributed by atoms with van der Waals surface area (Å²) in [6.45, 7) is 1.83. The molecule has 0 aromatic carbocycles. The van der Waals surface area contributed by atoms with E-state index in [0.29, 0.717) is 17.6 Å². The molecular weight excluding hydrogens is 220 g/mol. The zero-order chi connectivity index (χ0) is 11.1. The normalized spacial score (nSPS) is 15.3. The van der Waals surface area contributed by atoms with Gasteiger partial charge in [0.15, 0.2) is 0 Å². The van der Waals surface area contributed by atoms with Crippen LogP contribution >= 0.6 is 11.3 Å². The summed E-state index contributed by atoms with van der Waals surface area (Å²) in [7, 11) is 0. The van der Waals surface area contributed by atoms with E-state index in [9.17, 15) is 0 Å². The Hall–Kier alpha value is -1.49. The minimum Gasteiger partial charge on any atom is -0.383 e. The SMILES string of the molecule is Cc1ncc(-c2nc(C3CC3)cs2)c(N)n1. The smallest absolute Gasteiger partial charge is 0.137 e. The third-order valence-corrected chi connectivity index (χ3v) is 3.58. The second kappa shape index (κ2) is 3.52. The highest BCUT2D eigenvalue weighted by Crippen LogP contribution is 2.41. The zero-order valence-electron chi connectivity index (χ0n) is 8.97. The van der Waals surface area contributed by atoms with Crippen molar-refractivity contribution in [3.63, 3.8) is 0 Å². The van der Waals surface area contributed by atoms with Crippen LogP contribution in [-0.4, -0.2) is 15.0 Å². The summed E-state index contributed by atoms with van der Waals surface area (Å²) in [4.78, 5) is 12.9. The summed E-state index contributed by atoms with van der Waals surface area (Å²) in [5.41, 5.74) is 7.91. The van der Waals surface area contributed by atoms with Gasteiger partial charge in [0.2, 0.25) is 0 Å². The fourth-order valence-corrected chi connectivity index (χ4v) is 2.55. The fourth-order valence-electron chi connectivity index (χ4n) is 1.63. The first-order valence-electron chi connectivity index (χ1n) is 5.29. The second-order valence-electron chi connectivity index (χ2n) is 4.07. The van der Waals surface area contributed by atoms with Gasteiger partial charge in [-0.1, -0.05) is 0 Å².